The molecule has 0 spiro atoms. The van der Waals surface area contributed by atoms with E-state index in [4.69, 9.17) is 0 Å². The Labute approximate surface area is 74.4 Å². The van der Waals surface area contributed by atoms with E-state index >= 15 is 0 Å². The molecule has 12 heavy (non-hydrogen) atoms. The number of aldehydes is 1. The molecular weight excluding hydrogens is 171 g/mol. The van der Waals surface area contributed by atoms with E-state index in [-0.39, 0.29) is 0 Å². The van der Waals surface area contributed by atoms with E-state index in [0.29, 0.717) is 5.69 Å². The summed E-state index contributed by atoms with van der Waals surface area (Å²) in [5, 5.41) is 0. The van der Waals surface area contributed by atoms with Crippen LogP contribution in [-0.4, -0.2) is 15.6 Å². The molecule has 0 bridgehead atoms. The van der Waals surface area contributed by atoms with Crippen LogP contribution in [0, 0.1) is 0 Å². The van der Waals surface area contributed by atoms with Gasteiger partial charge in [-0.1, -0.05) is 13.3 Å². The SMILES string of the molecule is CCCCc1nc(C=O)cn1P. The van der Waals surface area contributed by atoms with Gasteiger partial charge in [-0.15, -0.1) is 0 Å². The Morgan fingerprint density at radius 3 is 3.00 bits per heavy atom. The van der Waals surface area contributed by atoms with E-state index in [1.165, 1.54) is 0 Å². The predicted octanol–water partition coefficient (Wildman–Crippen LogP) is 1.68. The summed E-state index contributed by atoms with van der Waals surface area (Å²) in [6, 6.07) is 0. The van der Waals surface area contributed by atoms with E-state index in [2.05, 4.69) is 21.3 Å². The molecule has 0 saturated heterocycles. The summed E-state index contributed by atoms with van der Waals surface area (Å²) in [5.41, 5.74) is 0.510. The van der Waals surface area contributed by atoms with Crippen LogP contribution in [0.3, 0.4) is 0 Å². The first-order valence-electron chi connectivity index (χ1n) is 4.06. The Hall–Kier alpha value is -0.690. The Bertz CT molecular complexity index is 270. The number of hydrogen-bond donors (Lipinski definition) is 0. The molecule has 1 rings (SSSR count). The Morgan fingerprint density at radius 1 is 1.75 bits per heavy atom. The minimum absolute atomic E-state index is 0.510. The van der Waals surface area contributed by atoms with Crippen LogP contribution in [0.15, 0.2) is 6.20 Å². The fraction of sp³-hybridized carbons (Fsp3) is 0.500. The molecule has 0 saturated carbocycles. The molecule has 1 unspecified atom stereocenters. The summed E-state index contributed by atoms with van der Waals surface area (Å²) in [7, 11) is 2.53. The molecule has 1 atom stereocenters. The Morgan fingerprint density at radius 2 is 2.50 bits per heavy atom. The van der Waals surface area contributed by atoms with Gasteiger partial charge in [-0.3, -0.25) is 4.79 Å². The van der Waals surface area contributed by atoms with Crippen LogP contribution in [0.5, 0.6) is 0 Å². The lowest BCUT2D eigenvalue weighted by Gasteiger charge is -1.97. The molecule has 3 nitrogen and oxygen atoms in total. The number of rotatable bonds is 4. The minimum atomic E-state index is 0.510. The predicted molar refractivity (Wildman–Crippen MR) is 51.3 cm³/mol. The third kappa shape index (κ3) is 2.15. The van der Waals surface area contributed by atoms with Crippen molar-refractivity contribution >= 4 is 15.7 Å². The second kappa shape index (κ2) is 4.36. The van der Waals surface area contributed by atoms with Crippen molar-refractivity contribution in [3.8, 4) is 0 Å². The van der Waals surface area contributed by atoms with Crippen molar-refractivity contribution in [3.63, 3.8) is 0 Å². The van der Waals surface area contributed by atoms with Crippen LogP contribution in [-0.2, 0) is 6.42 Å². The number of nitrogens with zero attached hydrogens (tertiary/aromatic N) is 2. The molecule has 0 amide bonds. The second-order valence-electron chi connectivity index (χ2n) is 2.71. The zero-order chi connectivity index (χ0) is 8.97. The van der Waals surface area contributed by atoms with Crippen molar-refractivity contribution in [2.45, 2.75) is 26.2 Å². The molecule has 1 aromatic rings. The highest BCUT2D eigenvalue weighted by Gasteiger charge is 2.02. The highest BCUT2D eigenvalue weighted by Crippen LogP contribution is 2.08. The lowest BCUT2D eigenvalue weighted by Crippen LogP contribution is -1.91. The monoisotopic (exact) mass is 184 g/mol. The van der Waals surface area contributed by atoms with Crippen molar-refractivity contribution in [2.75, 3.05) is 0 Å². The summed E-state index contributed by atoms with van der Waals surface area (Å²) in [6.45, 7) is 2.14. The summed E-state index contributed by atoms with van der Waals surface area (Å²) in [5.74, 6) is 0.962. The van der Waals surface area contributed by atoms with E-state index in [1.54, 1.807) is 6.20 Å². The van der Waals surface area contributed by atoms with Gasteiger partial charge in [-0.05, 0) is 15.8 Å². The molecule has 0 N–H and O–H groups in total. The summed E-state index contributed by atoms with van der Waals surface area (Å²) in [6.07, 6.45) is 5.70. The van der Waals surface area contributed by atoms with Crippen molar-refractivity contribution < 1.29 is 4.79 Å². The van der Waals surface area contributed by atoms with Crippen LogP contribution in [0.1, 0.15) is 36.1 Å². The molecule has 0 fully saturated rings. The van der Waals surface area contributed by atoms with Gasteiger partial charge in [0, 0.05) is 12.6 Å². The first-order chi connectivity index (χ1) is 5.77. The van der Waals surface area contributed by atoms with E-state index in [0.717, 1.165) is 31.4 Å². The standard InChI is InChI=1S/C8H13N2OP/c1-2-3-4-8-9-7(6-11)5-10(8)12/h5-6H,2-4,12H2,1H3. The van der Waals surface area contributed by atoms with Gasteiger partial charge >= 0.3 is 0 Å². The minimum Gasteiger partial charge on any atom is -0.319 e. The van der Waals surface area contributed by atoms with Crippen LogP contribution in [0.2, 0.25) is 0 Å². The topological polar surface area (TPSA) is 34.9 Å². The van der Waals surface area contributed by atoms with Crippen LogP contribution >= 0.6 is 9.39 Å². The first kappa shape index (κ1) is 9.40. The molecule has 1 aromatic heterocycles. The van der Waals surface area contributed by atoms with Gasteiger partial charge < -0.3 is 4.34 Å². The molecule has 4 heteroatoms. The van der Waals surface area contributed by atoms with Gasteiger partial charge in [-0.25, -0.2) is 4.98 Å². The van der Waals surface area contributed by atoms with Crippen molar-refractivity contribution in [3.05, 3.63) is 17.7 Å². The number of aromatic nitrogens is 2. The van der Waals surface area contributed by atoms with Gasteiger partial charge in [0.15, 0.2) is 6.29 Å². The Kier molecular flexibility index (Phi) is 3.42. The fourth-order valence-corrected chi connectivity index (χ4v) is 1.37. The zero-order valence-electron chi connectivity index (χ0n) is 7.16. The summed E-state index contributed by atoms with van der Waals surface area (Å²) < 4.78 is 1.83. The normalized spacial score (nSPS) is 10.2. The molecule has 1 heterocycles. The lowest BCUT2D eigenvalue weighted by molar-refractivity contribution is 0.111. The third-order valence-corrected chi connectivity index (χ3v) is 2.15. The van der Waals surface area contributed by atoms with Gasteiger partial charge in [0.2, 0.25) is 0 Å². The quantitative estimate of drug-likeness (QED) is 0.527. The molecule has 66 valence electrons. The van der Waals surface area contributed by atoms with Crippen LogP contribution < -0.4 is 0 Å². The van der Waals surface area contributed by atoms with E-state index < -0.39 is 0 Å². The maximum absolute atomic E-state index is 10.4. The molecule has 0 aliphatic carbocycles. The first-order valence-corrected chi connectivity index (χ1v) is 4.58. The molecule has 0 aromatic carbocycles. The number of carbonyl (C=O) groups excluding carboxylic acids is 1. The zero-order valence-corrected chi connectivity index (χ0v) is 8.31. The van der Waals surface area contributed by atoms with Gasteiger partial charge in [0.1, 0.15) is 11.5 Å². The van der Waals surface area contributed by atoms with Crippen LogP contribution in [0.25, 0.3) is 0 Å². The molecule has 0 radical (unpaired) electrons. The van der Waals surface area contributed by atoms with Crippen molar-refractivity contribution in [2.24, 2.45) is 0 Å². The van der Waals surface area contributed by atoms with Gasteiger partial charge in [0.25, 0.3) is 0 Å². The van der Waals surface area contributed by atoms with Crippen molar-refractivity contribution in [1.29, 1.82) is 0 Å². The number of unbranched alkanes of at least 4 members (excludes halogenated alkanes) is 1. The maximum Gasteiger partial charge on any atom is 0.170 e. The number of carbonyl (C=O) groups is 1. The summed E-state index contributed by atoms with van der Waals surface area (Å²) >= 11 is 0. The molecule has 0 aliphatic heterocycles. The molecule has 0 aliphatic rings. The molecular formula is C8H13N2OP. The van der Waals surface area contributed by atoms with Gasteiger partial charge in [0.05, 0.1) is 0 Å². The number of hydrogen-bond acceptors (Lipinski definition) is 2. The maximum atomic E-state index is 10.4. The summed E-state index contributed by atoms with van der Waals surface area (Å²) in [4.78, 5) is 14.5. The Balaban J connectivity index is 2.70. The van der Waals surface area contributed by atoms with E-state index in [9.17, 15) is 4.79 Å². The average Bonchev–Trinajstić information content (AvgIpc) is 2.43. The van der Waals surface area contributed by atoms with E-state index in [1.807, 2.05) is 4.34 Å². The number of imidazole rings is 1. The number of aryl methyl sites for hydroxylation is 1. The van der Waals surface area contributed by atoms with Gasteiger partial charge in [-0.2, -0.15) is 0 Å². The van der Waals surface area contributed by atoms with Crippen molar-refractivity contribution in [1.82, 2.24) is 9.32 Å². The fourth-order valence-electron chi connectivity index (χ4n) is 1.03. The largest absolute Gasteiger partial charge is 0.319 e. The van der Waals surface area contributed by atoms with Crippen LogP contribution in [0.4, 0.5) is 0 Å². The highest BCUT2D eigenvalue weighted by molar-refractivity contribution is 7.14. The lowest BCUT2D eigenvalue weighted by atomic mass is 10.2. The third-order valence-electron chi connectivity index (χ3n) is 1.70. The highest BCUT2D eigenvalue weighted by atomic mass is 31.0. The second-order valence-corrected chi connectivity index (χ2v) is 3.27. The average molecular weight is 184 g/mol. The smallest absolute Gasteiger partial charge is 0.170 e.